The molecule has 0 fully saturated rings. The molecule has 1 N–H and O–H groups in total. The molecule has 0 bridgehead atoms. The Morgan fingerprint density at radius 2 is 1.57 bits per heavy atom. The standard InChI is InChI=1S/C29H19ClF8N2O2/c1-42-24-5-3-2-4-17(24)14-27(25-9-7-20(30)15-39-25,18-11-19(28(33,34)35)13-21(31)12-18)40-26(41)16-6-8-23(32)22(10-16)29(36,37)38/h2-13,15H,14H2,1H3,(H,40,41)/t27-/m0/s1. The molecule has 220 valence electrons. The second-order valence-electron chi connectivity index (χ2n) is 9.13. The molecule has 0 saturated heterocycles. The van der Waals surface area contributed by atoms with E-state index in [9.17, 15) is 39.9 Å². The molecule has 42 heavy (non-hydrogen) atoms. The van der Waals surface area contributed by atoms with Crippen LogP contribution in [0.25, 0.3) is 0 Å². The van der Waals surface area contributed by atoms with Crippen molar-refractivity contribution in [2.45, 2.75) is 24.3 Å². The highest BCUT2D eigenvalue weighted by Crippen LogP contribution is 2.40. The fourth-order valence-corrected chi connectivity index (χ4v) is 4.55. The highest BCUT2D eigenvalue weighted by molar-refractivity contribution is 6.30. The van der Waals surface area contributed by atoms with Crippen LogP contribution in [0.1, 0.15) is 38.3 Å². The van der Waals surface area contributed by atoms with E-state index in [0.29, 0.717) is 17.7 Å². The van der Waals surface area contributed by atoms with Gasteiger partial charge < -0.3 is 10.1 Å². The average molecular weight is 615 g/mol. The molecule has 1 amide bonds. The van der Waals surface area contributed by atoms with Crippen molar-refractivity contribution in [3.8, 4) is 5.75 Å². The largest absolute Gasteiger partial charge is 0.496 e. The van der Waals surface area contributed by atoms with E-state index in [1.807, 2.05) is 0 Å². The Hall–Kier alpha value is -4.19. The first-order valence-corrected chi connectivity index (χ1v) is 12.3. The van der Waals surface area contributed by atoms with Crippen LogP contribution < -0.4 is 10.1 Å². The molecule has 0 radical (unpaired) electrons. The van der Waals surface area contributed by atoms with Gasteiger partial charge in [0.2, 0.25) is 0 Å². The molecule has 4 aromatic rings. The van der Waals surface area contributed by atoms with Gasteiger partial charge in [0.1, 0.15) is 22.9 Å². The van der Waals surface area contributed by atoms with Crippen LogP contribution in [0.5, 0.6) is 5.75 Å². The molecule has 4 nitrogen and oxygen atoms in total. The van der Waals surface area contributed by atoms with Crippen LogP contribution in [0.3, 0.4) is 0 Å². The van der Waals surface area contributed by atoms with Gasteiger partial charge in [-0.05, 0) is 65.7 Å². The molecule has 3 aromatic carbocycles. The Labute approximate surface area is 238 Å². The van der Waals surface area contributed by atoms with Gasteiger partial charge >= 0.3 is 12.4 Å². The first kappa shape index (κ1) is 30.8. The summed E-state index contributed by atoms with van der Waals surface area (Å²) in [5.74, 6) is -3.96. The molecule has 1 atom stereocenters. The van der Waals surface area contributed by atoms with Crippen molar-refractivity contribution in [3.05, 3.63) is 129 Å². The molecular weight excluding hydrogens is 596 g/mol. The van der Waals surface area contributed by atoms with E-state index in [-0.39, 0.29) is 28.6 Å². The maximum absolute atomic E-state index is 14.8. The minimum Gasteiger partial charge on any atom is -0.496 e. The predicted octanol–water partition coefficient (Wildman–Crippen LogP) is 7.98. The molecule has 13 heteroatoms. The minimum atomic E-state index is -5.16. The van der Waals surface area contributed by atoms with E-state index < -0.39 is 64.1 Å². The number of para-hydroxylation sites is 1. The molecule has 0 aliphatic rings. The van der Waals surface area contributed by atoms with Crippen LogP contribution in [0, 0.1) is 11.6 Å². The number of nitrogens with one attached hydrogen (secondary N) is 1. The number of rotatable bonds is 7. The Morgan fingerprint density at radius 3 is 2.19 bits per heavy atom. The summed E-state index contributed by atoms with van der Waals surface area (Å²) in [4.78, 5) is 17.8. The zero-order chi connectivity index (χ0) is 30.9. The van der Waals surface area contributed by atoms with Crippen molar-refractivity contribution < 1.29 is 44.7 Å². The van der Waals surface area contributed by atoms with E-state index in [1.54, 1.807) is 12.1 Å². The quantitative estimate of drug-likeness (QED) is 0.215. The fraction of sp³-hybridized carbons (Fsp3) is 0.172. The number of halogens is 9. The van der Waals surface area contributed by atoms with Crippen molar-refractivity contribution >= 4 is 17.5 Å². The Balaban J connectivity index is 2.02. The fourth-order valence-electron chi connectivity index (χ4n) is 4.43. The molecule has 1 aromatic heterocycles. The van der Waals surface area contributed by atoms with Crippen molar-refractivity contribution in [2.24, 2.45) is 0 Å². The zero-order valence-electron chi connectivity index (χ0n) is 21.4. The van der Waals surface area contributed by atoms with E-state index >= 15 is 0 Å². The molecule has 0 spiro atoms. The van der Waals surface area contributed by atoms with E-state index in [0.717, 1.165) is 18.3 Å². The van der Waals surface area contributed by atoms with Gasteiger partial charge in [-0.2, -0.15) is 26.3 Å². The topological polar surface area (TPSA) is 51.2 Å². The monoisotopic (exact) mass is 614 g/mol. The van der Waals surface area contributed by atoms with E-state index in [4.69, 9.17) is 16.3 Å². The number of carbonyl (C=O) groups excluding carboxylic acids is 1. The molecule has 1 heterocycles. The van der Waals surface area contributed by atoms with Crippen molar-refractivity contribution in [2.75, 3.05) is 7.11 Å². The summed E-state index contributed by atoms with van der Waals surface area (Å²) in [7, 11) is 1.32. The summed E-state index contributed by atoms with van der Waals surface area (Å²) in [6.07, 6.45) is -9.45. The van der Waals surface area contributed by atoms with Crippen LogP contribution in [0.4, 0.5) is 35.1 Å². The molecular formula is C29H19ClF8N2O2. The zero-order valence-corrected chi connectivity index (χ0v) is 22.1. The highest BCUT2D eigenvalue weighted by Gasteiger charge is 2.42. The van der Waals surface area contributed by atoms with Gasteiger partial charge in [-0.1, -0.05) is 29.8 Å². The molecule has 0 aliphatic carbocycles. The van der Waals surface area contributed by atoms with Crippen LogP contribution in [-0.2, 0) is 24.3 Å². The summed E-state index contributed by atoms with van der Waals surface area (Å²) in [6.45, 7) is 0. The second kappa shape index (κ2) is 11.6. The lowest BCUT2D eigenvalue weighted by molar-refractivity contribution is -0.140. The Bertz CT molecular complexity index is 1610. The van der Waals surface area contributed by atoms with Crippen LogP contribution in [-0.4, -0.2) is 18.0 Å². The molecule has 0 saturated carbocycles. The van der Waals surface area contributed by atoms with E-state index in [2.05, 4.69) is 10.3 Å². The number of pyridine rings is 1. The van der Waals surface area contributed by atoms with Gasteiger partial charge in [-0.3, -0.25) is 9.78 Å². The van der Waals surface area contributed by atoms with Crippen molar-refractivity contribution in [3.63, 3.8) is 0 Å². The van der Waals surface area contributed by atoms with Gasteiger partial charge in [0.05, 0.1) is 29.0 Å². The number of aromatic nitrogens is 1. The van der Waals surface area contributed by atoms with Gasteiger partial charge in [-0.25, -0.2) is 8.78 Å². The minimum absolute atomic E-state index is 0.111. The number of amides is 1. The van der Waals surface area contributed by atoms with Crippen LogP contribution in [0.2, 0.25) is 5.02 Å². The normalized spacial score (nSPS) is 13.4. The van der Waals surface area contributed by atoms with Gasteiger partial charge in [0.15, 0.2) is 0 Å². The lowest BCUT2D eigenvalue weighted by Crippen LogP contribution is -2.49. The number of methoxy groups -OCH3 is 1. The average Bonchev–Trinajstić information content (AvgIpc) is 2.92. The third-order valence-electron chi connectivity index (χ3n) is 6.39. The summed E-state index contributed by atoms with van der Waals surface area (Å²) in [5.41, 5.74) is -6.22. The first-order valence-electron chi connectivity index (χ1n) is 12.0. The highest BCUT2D eigenvalue weighted by atomic mass is 35.5. The lowest BCUT2D eigenvalue weighted by Gasteiger charge is -2.36. The van der Waals surface area contributed by atoms with Crippen molar-refractivity contribution in [1.29, 1.82) is 0 Å². The van der Waals surface area contributed by atoms with Crippen molar-refractivity contribution in [1.82, 2.24) is 10.3 Å². The number of carbonyl (C=O) groups is 1. The first-order chi connectivity index (χ1) is 19.6. The SMILES string of the molecule is COc1ccccc1C[C@](NC(=O)c1ccc(F)c(C(F)(F)F)c1)(c1cc(F)cc(C(F)(F)F)c1)c1ccc(Cl)cn1. The molecule has 0 aliphatic heterocycles. The van der Waals surface area contributed by atoms with Gasteiger partial charge in [0.25, 0.3) is 5.91 Å². The smallest absolute Gasteiger partial charge is 0.419 e. The molecule has 4 rings (SSSR count). The van der Waals surface area contributed by atoms with Crippen LogP contribution >= 0.6 is 11.6 Å². The number of ether oxygens (including phenoxy) is 1. The predicted molar refractivity (Wildman–Crippen MR) is 137 cm³/mol. The maximum atomic E-state index is 14.8. The lowest BCUT2D eigenvalue weighted by atomic mass is 9.79. The third-order valence-corrected chi connectivity index (χ3v) is 6.62. The van der Waals surface area contributed by atoms with Crippen LogP contribution in [0.15, 0.2) is 79.0 Å². The van der Waals surface area contributed by atoms with Gasteiger partial charge in [0, 0.05) is 18.2 Å². The second-order valence-corrected chi connectivity index (χ2v) is 9.56. The number of alkyl halides is 6. The van der Waals surface area contributed by atoms with Gasteiger partial charge in [-0.15, -0.1) is 0 Å². The number of hydrogen-bond acceptors (Lipinski definition) is 3. The number of hydrogen-bond donors (Lipinski definition) is 1. The summed E-state index contributed by atoms with van der Waals surface area (Å²) >= 11 is 5.98. The maximum Gasteiger partial charge on any atom is 0.419 e. The summed E-state index contributed by atoms with van der Waals surface area (Å²) in [5, 5.41) is 2.59. The summed E-state index contributed by atoms with van der Waals surface area (Å²) in [6, 6.07) is 11.9. The summed E-state index contributed by atoms with van der Waals surface area (Å²) < 4.78 is 116. The number of benzene rings is 3. The third kappa shape index (κ3) is 6.48. The number of nitrogens with zero attached hydrogens (tertiary/aromatic N) is 1. The Morgan fingerprint density at radius 1 is 0.881 bits per heavy atom. The molecule has 0 unspecified atom stereocenters. The Kier molecular flexibility index (Phi) is 8.49. The van der Waals surface area contributed by atoms with E-state index in [1.165, 1.54) is 31.4 Å².